The average molecular weight is 447 g/mol. The van der Waals surface area contributed by atoms with Crippen LogP contribution in [-0.4, -0.2) is 62.4 Å². The van der Waals surface area contributed by atoms with E-state index in [2.05, 4.69) is 10.3 Å². The molecule has 0 bridgehead atoms. The molecule has 2 amide bonds. The molecule has 1 unspecified atom stereocenters. The zero-order valence-electron chi connectivity index (χ0n) is 15.7. The molecule has 0 aliphatic carbocycles. The van der Waals surface area contributed by atoms with E-state index in [4.69, 9.17) is 4.74 Å². The molecule has 1 fully saturated rings. The van der Waals surface area contributed by atoms with Gasteiger partial charge < -0.3 is 15.0 Å². The van der Waals surface area contributed by atoms with Crippen molar-refractivity contribution in [2.75, 3.05) is 23.9 Å². The maximum atomic E-state index is 12.8. The molecule has 2 rings (SSSR count). The van der Waals surface area contributed by atoms with E-state index >= 15 is 0 Å². The number of aromatic nitrogens is 1. The van der Waals surface area contributed by atoms with E-state index in [1.807, 2.05) is 0 Å². The summed E-state index contributed by atoms with van der Waals surface area (Å²) in [5, 5.41) is 14.0. The van der Waals surface area contributed by atoms with E-state index in [1.165, 1.54) is 29.1 Å². The molecule has 1 N–H and O–H groups in total. The molecule has 1 aliphatic rings. The predicted octanol–water partition coefficient (Wildman–Crippen LogP) is 3.16. The first-order valence-corrected chi connectivity index (χ1v) is 11.9. The zero-order valence-corrected chi connectivity index (χ0v) is 18.2. The fourth-order valence-corrected chi connectivity index (χ4v) is 5.34. The van der Waals surface area contributed by atoms with Crippen molar-refractivity contribution in [3.63, 3.8) is 0 Å². The van der Waals surface area contributed by atoms with Crippen LogP contribution in [-0.2, 0) is 9.53 Å². The number of carbonyl (C=O) groups is 2. The Kier molecular flexibility index (Phi) is 8.25. The Labute approximate surface area is 175 Å². The van der Waals surface area contributed by atoms with E-state index in [0.29, 0.717) is 12.4 Å². The van der Waals surface area contributed by atoms with Gasteiger partial charge in [0.2, 0.25) is 5.91 Å². The van der Waals surface area contributed by atoms with Gasteiger partial charge in [0.05, 0.1) is 10.8 Å². The molecule has 1 aliphatic heterocycles. The Morgan fingerprint density at radius 1 is 1.50 bits per heavy atom. The summed E-state index contributed by atoms with van der Waals surface area (Å²) in [6.45, 7) is 5.85. The first-order chi connectivity index (χ1) is 13.2. The topological polar surface area (TPSA) is 115 Å². The third-order valence-electron chi connectivity index (χ3n) is 3.37. The molecule has 0 spiro atoms. The molecule has 12 heteroatoms. The van der Waals surface area contributed by atoms with Crippen molar-refractivity contribution in [2.45, 2.75) is 37.4 Å². The highest BCUT2D eigenvalue weighted by Crippen LogP contribution is 2.35. The summed E-state index contributed by atoms with van der Waals surface area (Å²) >= 11 is 1.65. The number of hydrogen-bond donors (Lipinski definition) is 1. The highest BCUT2D eigenvalue weighted by molar-refractivity contribution is 8.76. The smallest absolute Gasteiger partial charge is 0.408 e. The second-order valence-electron chi connectivity index (χ2n) is 6.79. The van der Waals surface area contributed by atoms with Crippen molar-refractivity contribution < 1.29 is 19.2 Å². The van der Waals surface area contributed by atoms with Gasteiger partial charge in [-0.3, -0.25) is 14.9 Å². The molecule has 9 nitrogen and oxygen atoms in total. The third-order valence-corrected chi connectivity index (χ3v) is 6.63. The molecule has 0 saturated carbocycles. The van der Waals surface area contributed by atoms with Crippen LogP contribution >= 0.6 is 33.3 Å². The number of nitrogens with one attached hydrogen (secondary N) is 1. The van der Waals surface area contributed by atoms with Crippen molar-refractivity contribution in [1.29, 1.82) is 0 Å². The second kappa shape index (κ2) is 10.2. The maximum absolute atomic E-state index is 12.8. The molecule has 28 heavy (non-hydrogen) atoms. The summed E-state index contributed by atoms with van der Waals surface area (Å²) in [5.41, 5.74) is -0.781. The number of hydrogen-bond acceptors (Lipinski definition) is 9. The van der Waals surface area contributed by atoms with Gasteiger partial charge in [-0.05, 0) is 37.6 Å². The van der Waals surface area contributed by atoms with Crippen LogP contribution in [0, 0.1) is 10.1 Å². The Hall–Kier alpha value is -1.66. The second-order valence-corrected chi connectivity index (χ2v) is 10.2. The summed E-state index contributed by atoms with van der Waals surface area (Å²) in [7, 11) is 2.32. The molecule has 1 aromatic rings. The van der Waals surface area contributed by atoms with E-state index < -0.39 is 22.7 Å². The van der Waals surface area contributed by atoms with Gasteiger partial charge in [-0.2, -0.15) is 0 Å². The van der Waals surface area contributed by atoms with Crippen LogP contribution in [0.4, 0.5) is 10.5 Å². The molecule has 1 saturated heterocycles. The molecular weight excluding hydrogens is 424 g/mol. The lowest BCUT2D eigenvalue weighted by atomic mass is 10.2. The van der Waals surface area contributed by atoms with Crippen LogP contribution in [0.3, 0.4) is 0 Å². The summed E-state index contributed by atoms with van der Waals surface area (Å²) in [4.78, 5) is 41.2. The lowest BCUT2D eigenvalue weighted by Gasteiger charge is -2.25. The van der Waals surface area contributed by atoms with Crippen LogP contribution < -0.4 is 5.32 Å². The number of pyridine rings is 1. The van der Waals surface area contributed by atoms with Crippen LogP contribution in [0.15, 0.2) is 23.4 Å². The monoisotopic (exact) mass is 446 g/mol. The number of nitro groups is 1. The van der Waals surface area contributed by atoms with Crippen LogP contribution in [0.25, 0.3) is 0 Å². The number of carbonyl (C=O) groups excluding carboxylic acids is 2. The lowest BCUT2D eigenvalue weighted by Crippen LogP contribution is -2.50. The largest absolute Gasteiger partial charge is 0.444 e. The van der Waals surface area contributed by atoms with E-state index in [1.54, 1.807) is 37.4 Å². The zero-order chi connectivity index (χ0) is 20.7. The molecule has 0 radical (unpaired) electrons. The Bertz CT molecular complexity index is 722. The van der Waals surface area contributed by atoms with Gasteiger partial charge >= 0.3 is 11.8 Å². The summed E-state index contributed by atoms with van der Waals surface area (Å²) < 4.78 is 5.25. The fraction of sp³-hybridized carbons (Fsp3) is 0.562. The predicted molar refractivity (Wildman–Crippen MR) is 111 cm³/mol. The van der Waals surface area contributed by atoms with Crippen molar-refractivity contribution in [2.24, 2.45) is 0 Å². The molecule has 2 heterocycles. The van der Waals surface area contributed by atoms with Gasteiger partial charge in [-0.15, -0.1) is 11.8 Å². The minimum atomic E-state index is -0.797. The number of amides is 2. The number of nitrogens with zero attached hydrogens (tertiary/aromatic N) is 3. The standard InChI is InChI=1S/C16H22N4O5S3/c1-16(2,3)25-15(22)18-11(14(21)19-7-8-26-10-19)9-27-28-13-12(20(23)24)5-4-6-17-13/h4-6,11H,7-10H2,1-3H3,(H,18,22). The van der Waals surface area contributed by atoms with E-state index in [-0.39, 0.29) is 22.4 Å². The third kappa shape index (κ3) is 7.06. The first-order valence-electron chi connectivity index (χ1n) is 8.42. The van der Waals surface area contributed by atoms with Crippen LogP contribution in [0.5, 0.6) is 0 Å². The number of alkyl carbamates (subject to hydrolysis) is 1. The quantitative estimate of drug-likeness (QED) is 0.383. The fourth-order valence-electron chi connectivity index (χ4n) is 2.18. The van der Waals surface area contributed by atoms with Gasteiger partial charge in [-0.1, -0.05) is 10.8 Å². The highest BCUT2D eigenvalue weighted by atomic mass is 33.1. The van der Waals surface area contributed by atoms with E-state index in [9.17, 15) is 19.7 Å². The van der Waals surface area contributed by atoms with Crippen molar-refractivity contribution >= 4 is 51.0 Å². The molecule has 1 atom stereocenters. The van der Waals surface area contributed by atoms with Gasteiger partial charge in [0.15, 0.2) is 5.03 Å². The Morgan fingerprint density at radius 3 is 2.86 bits per heavy atom. The van der Waals surface area contributed by atoms with Gasteiger partial charge in [-0.25, -0.2) is 9.78 Å². The van der Waals surface area contributed by atoms with Crippen molar-refractivity contribution in [3.05, 3.63) is 28.4 Å². The van der Waals surface area contributed by atoms with Gasteiger partial charge in [0.25, 0.3) is 0 Å². The number of ether oxygens (including phenoxy) is 1. The number of thioether (sulfide) groups is 1. The minimum Gasteiger partial charge on any atom is -0.444 e. The first kappa shape index (κ1) is 22.6. The van der Waals surface area contributed by atoms with Crippen LogP contribution in [0.1, 0.15) is 20.8 Å². The minimum absolute atomic E-state index is 0.0982. The molecule has 1 aromatic heterocycles. The van der Waals surface area contributed by atoms with Crippen molar-refractivity contribution in [1.82, 2.24) is 15.2 Å². The number of rotatable bonds is 7. The average Bonchev–Trinajstić information content (AvgIpc) is 3.13. The summed E-state index contributed by atoms with van der Waals surface area (Å²) in [6.07, 6.45) is 0.797. The Morgan fingerprint density at radius 2 is 2.25 bits per heavy atom. The summed E-state index contributed by atoms with van der Waals surface area (Å²) in [5.74, 6) is 1.46. The van der Waals surface area contributed by atoms with Gasteiger partial charge in [0, 0.05) is 30.3 Å². The normalized spacial score (nSPS) is 15.2. The molecule has 0 aromatic carbocycles. The Balaban J connectivity index is 2.01. The van der Waals surface area contributed by atoms with E-state index in [0.717, 1.165) is 16.5 Å². The molecular formula is C16H22N4O5S3. The SMILES string of the molecule is CC(C)(C)OC(=O)NC(CSSc1ncccc1[N+](=O)[O-])C(=O)N1CCSC1. The summed E-state index contributed by atoms with van der Waals surface area (Å²) in [6, 6.07) is 2.07. The van der Waals surface area contributed by atoms with Crippen molar-refractivity contribution in [3.8, 4) is 0 Å². The molecule has 154 valence electrons. The highest BCUT2D eigenvalue weighted by Gasteiger charge is 2.30. The maximum Gasteiger partial charge on any atom is 0.408 e. The van der Waals surface area contributed by atoms with Crippen LogP contribution in [0.2, 0.25) is 0 Å². The van der Waals surface area contributed by atoms with Gasteiger partial charge in [0.1, 0.15) is 11.6 Å². The lowest BCUT2D eigenvalue weighted by molar-refractivity contribution is -0.388.